The van der Waals surface area contributed by atoms with Gasteiger partial charge in [-0.15, -0.1) is 0 Å². The number of benzene rings is 1. The Morgan fingerprint density at radius 2 is 1.73 bits per heavy atom. The van der Waals surface area contributed by atoms with Gasteiger partial charge in [0, 0.05) is 37.8 Å². The maximum Gasteiger partial charge on any atom is 0.242 e. The van der Waals surface area contributed by atoms with Crippen LogP contribution in [0.5, 0.6) is 0 Å². The molecule has 2 heterocycles. The largest absolute Gasteiger partial charge is 0.368 e. The molecule has 0 radical (unpaired) electrons. The third-order valence-electron chi connectivity index (χ3n) is 4.44. The normalized spacial score (nSPS) is 13.1. The van der Waals surface area contributed by atoms with Gasteiger partial charge in [-0.2, -0.15) is 0 Å². The standard InChI is InChI=1S/C21H22N4O/c1-16-5-2-8-19(11-16)21(20(22)26,12-17-6-3-9-23-13-17)25-15-18-7-4-10-24-14-18/h2-11,13-14,25H,12,15H2,1H3,(H2,22,26). The van der Waals surface area contributed by atoms with Gasteiger partial charge in [0.15, 0.2) is 0 Å². The molecule has 1 unspecified atom stereocenters. The Morgan fingerprint density at radius 3 is 2.31 bits per heavy atom. The first-order chi connectivity index (χ1) is 12.6. The van der Waals surface area contributed by atoms with Gasteiger partial charge in [-0.05, 0) is 35.7 Å². The van der Waals surface area contributed by atoms with E-state index in [0.717, 1.165) is 22.3 Å². The van der Waals surface area contributed by atoms with Crippen molar-refractivity contribution in [3.05, 3.63) is 95.6 Å². The molecule has 0 fully saturated rings. The average molecular weight is 346 g/mol. The van der Waals surface area contributed by atoms with E-state index in [0.29, 0.717) is 13.0 Å². The minimum Gasteiger partial charge on any atom is -0.368 e. The molecule has 0 aliphatic heterocycles. The van der Waals surface area contributed by atoms with Crippen LogP contribution in [0, 0.1) is 6.92 Å². The minimum atomic E-state index is -1.04. The number of carbonyl (C=O) groups excluding carboxylic acids is 1. The first-order valence-corrected chi connectivity index (χ1v) is 8.50. The van der Waals surface area contributed by atoms with Crippen LogP contribution in [-0.2, 0) is 23.3 Å². The summed E-state index contributed by atoms with van der Waals surface area (Å²) >= 11 is 0. The topological polar surface area (TPSA) is 80.9 Å². The number of nitrogens with one attached hydrogen (secondary N) is 1. The molecule has 3 rings (SSSR count). The zero-order valence-electron chi connectivity index (χ0n) is 14.7. The molecule has 0 aliphatic rings. The molecule has 1 aromatic carbocycles. The van der Waals surface area contributed by atoms with Crippen LogP contribution in [0.1, 0.15) is 22.3 Å². The van der Waals surface area contributed by atoms with Crippen LogP contribution < -0.4 is 11.1 Å². The first kappa shape index (κ1) is 17.8. The lowest BCUT2D eigenvalue weighted by molar-refractivity contribution is -0.125. The van der Waals surface area contributed by atoms with E-state index >= 15 is 0 Å². The van der Waals surface area contributed by atoms with Gasteiger partial charge in [0.1, 0.15) is 5.54 Å². The van der Waals surface area contributed by atoms with Gasteiger partial charge in [0.05, 0.1) is 0 Å². The Labute approximate surface area is 153 Å². The number of aromatic nitrogens is 2. The van der Waals surface area contributed by atoms with E-state index in [9.17, 15) is 4.79 Å². The van der Waals surface area contributed by atoms with Crippen molar-refractivity contribution >= 4 is 5.91 Å². The third kappa shape index (κ3) is 3.95. The van der Waals surface area contributed by atoms with Crippen LogP contribution in [0.25, 0.3) is 0 Å². The first-order valence-electron chi connectivity index (χ1n) is 8.50. The number of hydrogen-bond donors (Lipinski definition) is 2. The van der Waals surface area contributed by atoms with E-state index in [1.165, 1.54) is 0 Å². The predicted octanol–water partition coefficient (Wildman–Crippen LogP) is 2.50. The lowest BCUT2D eigenvalue weighted by Gasteiger charge is -2.33. The van der Waals surface area contributed by atoms with Gasteiger partial charge in [-0.3, -0.25) is 20.1 Å². The Kier molecular flexibility index (Phi) is 5.39. The molecule has 0 bridgehead atoms. The molecule has 0 aliphatic carbocycles. The fourth-order valence-corrected chi connectivity index (χ4v) is 3.06. The Bertz CT molecular complexity index is 867. The number of rotatable bonds is 7. The monoisotopic (exact) mass is 346 g/mol. The highest BCUT2D eigenvalue weighted by Crippen LogP contribution is 2.27. The van der Waals surface area contributed by atoms with Crippen molar-refractivity contribution in [3.63, 3.8) is 0 Å². The van der Waals surface area contributed by atoms with Crippen molar-refractivity contribution in [1.29, 1.82) is 0 Å². The van der Waals surface area contributed by atoms with E-state index in [4.69, 9.17) is 5.73 Å². The van der Waals surface area contributed by atoms with Crippen LogP contribution in [-0.4, -0.2) is 15.9 Å². The zero-order chi connectivity index (χ0) is 18.4. The minimum absolute atomic E-state index is 0.417. The summed E-state index contributed by atoms with van der Waals surface area (Å²) in [6, 6.07) is 15.5. The highest BCUT2D eigenvalue weighted by atomic mass is 16.1. The smallest absolute Gasteiger partial charge is 0.242 e. The quantitative estimate of drug-likeness (QED) is 0.689. The van der Waals surface area contributed by atoms with Crippen molar-refractivity contribution in [2.45, 2.75) is 25.4 Å². The van der Waals surface area contributed by atoms with E-state index in [-0.39, 0.29) is 0 Å². The summed E-state index contributed by atoms with van der Waals surface area (Å²) in [5.41, 5.74) is 8.73. The predicted molar refractivity (Wildman–Crippen MR) is 101 cm³/mol. The highest BCUT2D eigenvalue weighted by molar-refractivity contribution is 5.86. The summed E-state index contributed by atoms with van der Waals surface area (Å²) in [4.78, 5) is 21.0. The van der Waals surface area contributed by atoms with Crippen molar-refractivity contribution < 1.29 is 4.79 Å². The SMILES string of the molecule is Cc1cccc(C(Cc2cccnc2)(NCc2cccnc2)C(N)=O)c1. The average Bonchev–Trinajstić information content (AvgIpc) is 2.66. The fourth-order valence-electron chi connectivity index (χ4n) is 3.06. The van der Waals surface area contributed by atoms with Crippen LogP contribution in [0.15, 0.2) is 73.3 Å². The molecule has 3 aromatic rings. The van der Waals surface area contributed by atoms with Gasteiger partial charge in [-0.1, -0.05) is 42.0 Å². The molecule has 0 spiro atoms. The van der Waals surface area contributed by atoms with Crippen molar-refractivity contribution in [2.24, 2.45) is 5.73 Å². The van der Waals surface area contributed by atoms with Crippen molar-refractivity contribution in [3.8, 4) is 0 Å². The second-order valence-corrected chi connectivity index (χ2v) is 6.39. The molecule has 5 heteroatoms. The summed E-state index contributed by atoms with van der Waals surface area (Å²) in [5, 5.41) is 3.40. The summed E-state index contributed by atoms with van der Waals surface area (Å²) in [6.07, 6.45) is 7.39. The van der Waals surface area contributed by atoms with E-state index < -0.39 is 11.4 Å². The maximum atomic E-state index is 12.7. The summed E-state index contributed by atoms with van der Waals surface area (Å²) in [5.74, 6) is -0.421. The Balaban J connectivity index is 2.01. The van der Waals surface area contributed by atoms with Crippen LogP contribution in [0.4, 0.5) is 0 Å². The van der Waals surface area contributed by atoms with Crippen LogP contribution >= 0.6 is 0 Å². The number of amides is 1. The zero-order valence-corrected chi connectivity index (χ0v) is 14.7. The van der Waals surface area contributed by atoms with E-state index in [2.05, 4.69) is 15.3 Å². The number of aryl methyl sites for hydroxylation is 1. The van der Waals surface area contributed by atoms with Crippen LogP contribution in [0.3, 0.4) is 0 Å². The molecule has 132 valence electrons. The summed E-state index contributed by atoms with van der Waals surface area (Å²) in [7, 11) is 0. The number of nitrogens with zero attached hydrogens (tertiary/aromatic N) is 2. The molecule has 1 amide bonds. The lowest BCUT2D eigenvalue weighted by Crippen LogP contribution is -2.54. The molecule has 0 saturated carbocycles. The number of primary amides is 1. The Morgan fingerprint density at radius 1 is 1.04 bits per heavy atom. The number of nitrogens with two attached hydrogens (primary N) is 1. The van der Waals surface area contributed by atoms with Gasteiger partial charge in [0.2, 0.25) is 5.91 Å². The molecular formula is C21H22N4O. The van der Waals surface area contributed by atoms with Gasteiger partial charge >= 0.3 is 0 Å². The van der Waals surface area contributed by atoms with Gasteiger partial charge < -0.3 is 5.73 Å². The maximum absolute atomic E-state index is 12.7. The van der Waals surface area contributed by atoms with E-state index in [1.807, 2.05) is 55.5 Å². The van der Waals surface area contributed by atoms with Crippen molar-refractivity contribution in [2.75, 3.05) is 0 Å². The molecule has 1 atom stereocenters. The fraction of sp³-hybridized carbons (Fsp3) is 0.190. The second-order valence-electron chi connectivity index (χ2n) is 6.39. The second kappa shape index (κ2) is 7.89. The lowest BCUT2D eigenvalue weighted by atomic mass is 9.82. The number of pyridine rings is 2. The Hall–Kier alpha value is -3.05. The molecule has 5 nitrogen and oxygen atoms in total. The summed E-state index contributed by atoms with van der Waals surface area (Å²) in [6.45, 7) is 2.48. The summed E-state index contributed by atoms with van der Waals surface area (Å²) < 4.78 is 0. The van der Waals surface area contributed by atoms with Crippen molar-refractivity contribution in [1.82, 2.24) is 15.3 Å². The third-order valence-corrected chi connectivity index (χ3v) is 4.44. The number of hydrogen-bond acceptors (Lipinski definition) is 4. The molecular weight excluding hydrogens is 324 g/mol. The molecule has 2 aromatic heterocycles. The van der Waals surface area contributed by atoms with Gasteiger partial charge in [-0.25, -0.2) is 0 Å². The van der Waals surface area contributed by atoms with E-state index in [1.54, 1.807) is 24.8 Å². The van der Waals surface area contributed by atoms with Crippen LogP contribution in [0.2, 0.25) is 0 Å². The van der Waals surface area contributed by atoms with Gasteiger partial charge in [0.25, 0.3) is 0 Å². The number of carbonyl (C=O) groups is 1. The highest BCUT2D eigenvalue weighted by Gasteiger charge is 2.38. The molecule has 3 N–H and O–H groups in total. The molecule has 26 heavy (non-hydrogen) atoms. The molecule has 0 saturated heterocycles.